The summed E-state index contributed by atoms with van der Waals surface area (Å²) in [6, 6.07) is 13.0. The maximum atomic E-state index is 12.7. The first-order valence-corrected chi connectivity index (χ1v) is 9.31. The molecule has 0 bridgehead atoms. The van der Waals surface area contributed by atoms with E-state index in [1.54, 1.807) is 24.1 Å². The van der Waals surface area contributed by atoms with E-state index in [1.165, 1.54) is 0 Å². The number of amides is 1. The second kappa shape index (κ2) is 6.12. The van der Waals surface area contributed by atoms with Crippen LogP contribution in [0, 0.1) is 0 Å². The highest BCUT2D eigenvalue weighted by atomic mass is 32.2. The van der Waals surface area contributed by atoms with E-state index >= 15 is 0 Å². The topological polar surface area (TPSA) is 67.3 Å². The van der Waals surface area contributed by atoms with Gasteiger partial charge in [0.05, 0.1) is 11.5 Å². The average molecular weight is 330 g/mol. The fraction of sp³-hybridized carbons (Fsp3) is 0.294. The van der Waals surface area contributed by atoms with Gasteiger partial charge in [-0.05, 0) is 30.2 Å². The van der Waals surface area contributed by atoms with Crippen LogP contribution in [0.5, 0.6) is 0 Å². The molecule has 1 amide bonds. The molecule has 0 spiro atoms. The maximum absolute atomic E-state index is 12.7. The minimum Gasteiger partial charge on any atom is -0.333 e. The molecule has 6 heteroatoms. The van der Waals surface area contributed by atoms with Crippen molar-refractivity contribution in [2.75, 3.05) is 18.1 Å². The number of hydrogen-bond acceptors (Lipinski definition) is 4. The zero-order valence-corrected chi connectivity index (χ0v) is 13.7. The Kier molecular flexibility index (Phi) is 4.17. The number of carbonyl (C=O) groups is 1. The van der Waals surface area contributed by atoms with Gasteiger partial charge in [-0.1, -0.05) is 30.3 Å². The van der Waals surface area contributed by atoms with E-state index in [2.05, 4.69) is 4.98 Å². The van der Waals surface area contributed by atoms with Crippen LogP contribution in [0.2, 0.25) is 0 Å². The lowest BCUT2D eigenvalue weighted by atomic mass is 10.1. The molecule has 1 aliphatic heterocycles. The predicted molar refractivity (Wildman–Crippen MR) is 88.8 cm³/mol. The molecule has 0 radical (unpaired) electrons. The summed E-state index contributed by atoms with van der Waals surface area (Å²) >= 11 is 0. The zero-order chi connectivity index (χ0) is 16.4. The molecule has 0 N–H and O–H groups in total. The molecule has 5 nitrogen and oxygen atoms in total. The Morgan fingerprint density at radius 1 is 1.17 bits per heavy atom. The highest BCUT2D eigenvalue weighted by molar-refractivity contribution is 7.91. The predicted octanol–water partition coefficient (Wildman–Crippen LogP) is 2.01. The van der Waals surface area contributed by atoms with Crippen molar-refractivity contribution in [3.8, 4) is 11.1 Å². The first kappa shape index (κ1) is 15.7. The summed E-state index contributed by atoms with van der Waals surface area (Å²) in [6.45, 7) is 1.98. The van der Waals surface area contributed by atoms with Gasteiger partial charge in [0.2, 0.25) is 0 Å². The number of aromatic nitrogens is 1. The molecule has 2 aromatic rings. The molecule has 1 aliphatic rings. The van der Waals surface area contributed by atoms with Gasteiger partial charge >= 0.3 is 0 Å². The van der Waals surface area contributed by atoms with Crippen LogP contribution in [-0.2, 0) is 9.84 Å². The molecule has 23 heavy (non-hydrogen) atoms. The van der Waals surface area contributed by atoms with Crippen molar-refractivity contribution in [3.05, 3.63) is 54.4 Å². The summed E-state index contributed by atoms with van der Waals surface area (Å²) in [5.41, 5.74) is 2.27. The number of rotatable bonds is 2. The van der Waals surface area contributed by atoms with Crippen molar-refractivity contribution < 1.29 is 13.2 Å². The normalized spacial score (nSPS) is 20.2. The van der Waals surface area contributed by atoms with Gasteiger partial charge in [-0.15, -0.1) is 0 Å². The monoisotopic (exact) mass is 330 g/mol. The van der Waals surface area contributed by atoms with Crippen molar-refractivity contribution in [1.82, 2.24) is 9.88 Å². The van der Waals surface area contributed by atoms with Gasteiger partial charge < -0.3 is 4.90 Å². The van der Waals surface area contributed by atoms with Gasteiger partial charge in [0.1, 0.15) is 5.69 Å². The molecule has 1 aromatic carbocycles. The van der Waals surface area contributed by atoms with Gasteiger partial charge in [0, 0.05) is 18.8 Å². The highest BCUT2D eigenvalue weighted by Gasteiger charge is 2.32. The molecule has 0 saturated carbocycles. The second-order valence-electron chi connectivity index (χ2n) is 5.76. The number of benzene rings is 1. The Morgan fingerprint density at radius 3 is 2.61 bits per heavy atom. The van der Waals surface area contributed by atoms with E-state index < -0.39 is 9.84 Å². The van der Waals surface area contributed by atoms with E-state index in [1.807, 2.05) is 36.4 Å². The van der Waals surface area contributed by atoms with E-state index in [0.717, 1.165) is 11.1 Å². The van der Waals surface area contributed by atoms with Crippen molar-refractivity contribution in [1.29, 1.82) is 0 Å². The zero-order valence-electron chi connectivity index (χ0n) is 12.8. The van der Waals surface area contributed by atoms with Crippen LogP contribution in [0.25, 0.3) is 11.1 Å². The Hall–Kier alpha value is -2.21. The summed E-state index contributed by atoms with van der Waals surface area (Å²) in [5, 5.41) is 0. The Bertz CT molecular complexity index is 819. The van der Waals surface area contributed by atoms with Crippen molar-refractivity contribution in [3.63, 3.8) is 0 Å². The molecular weight excluding hydrogens is 312 g/mol. The summed E-state index contributed by atoms with van der Waals surface area (Å²) in [6.07, 6.45) is 1.61. The minimum atomic E-state index is -3.05. The molecule has 0 aliphatic carbocycles. The number of pyridine rings is 1. The molecular formula is C17H18N2O3S. The van der Waals surface area contributed by atoms with Gasteiger partial charge in [0.15, 0.2) is 9.84 Å². The van der Waals surface area contributed by atoms with Gasteiger partial charge in [-0.3, -0.25) is 9.78 Å². The van der Waals surface area contributed by atoms with E-state index in [-0.39, 0.29) is 30.0 Å². The standard InChI is InChI=1S/C17H18N2O3S/c1-13-12-23(21,22)10-9-19(13)17(20)16-11-15(7-8-18-16)14-5-3-2-4-6-14/h2-8,11,13H,9-10,12H2,1H3. The van der Waals surface area contributed by atoms with Gasteiger partial charge in [-0.25, -0.2) is 8.42 Å². The van der Waals surface area contributed by atoms with Gasteiger partial charge in [0.25, 0.3) is 5.91 Å². The lowest BCUT2D eigenvalue weighted by Crippen LogP contribution is -2.49. The third kappa shape index (κ3) is 3.42. The molecule has 3 rings (SSSR count). The number of sulfone groups is 1. The molecule has 1 aromatic heterocycles. The first-order chi connectivity index (χ1) is 11.0. The van der Waals surface area contributed by atoms with Crippen molar-refractivity contribution in [2.24, 2.45) is 0 Å². The molecule has 2 heterocycles. The highest BCUT2D eigenvalue weighted by Crippen LogP contribution is 2.21. The van der Waals surface area contributed by atoms with Crippen LogP contribution in [0.15, 0.2) is 48.7 Å². The second-order valence-corrected chi connectivity index (χ2v) is 7.99. The molecule has 1 unspecified atom stereocenters. The maximum Gasteiger partial charge on any atom is 0.272 e. The molecule has 1 saturated heterocycles. The average Bonchev–Trinajstić information content (AvgIpc) is 2.54. The van der Waals surface area contributed by atoms with Crippen LogP contribution in [0.1, 0.15) is 17.4 Å². The summed E-state index contributed by atoms with van der Waals surface area (Å²) in [4.78, 5) is 18.4. The van der Waals surface area contributed by atoms with Gasteiger partial charge in [-0.2, -0.15) is 0 Å². The first-order valence-electron chi connectivity index (χ1n) is 7.49. The van der Waals surface area contributed by atoms with Crippen LogP contribution < -0.4 is 0 Å². The quantitative estimate of drug-likeness (QED) is 0.845. The fourth-order valence-electron chi connectivity index (χ4n) is 2.81. The van der Waals surface area contributed by atoms with E-state index in [4.69, 9.17) is 0 Å². The minimum absolute atomic E-state index is 0.0110. The van der Waals surface area contributed by atoms with Crippen LogP contribution >= 0.6 is 0 Å². The third-order valence-electron chi connectivity index (χ3n) is 4.02. The SMILES string of the molecule is CC1CS(=O)(=O)CCN1C(=O)c1cc(-c2ccccc2)ccn1. The number of nitrogens with zero attached hydrogens (tertiary/aromatic N) is 2. The largest absolute Gasteiger partial charge is 0.333 e. The smallest absolute Gasteiger partial charge is 0.272 e. The molecule has 120 valence electrons. The Morgan fingerprint density at radius 2 is 1.91 bits per heavy atom. The van der Waals surface area contributed by atoms with Crippen LogP contribution in [0.3, 0.4) is 0 Å². The number of hydrogen-bond donors (Lipinski definition) is 0. The van der Waals surface area contributed by atoms with Crippen LogP contribution in [-0.4, -0.2) is 48.3 Å². The molecule has 1 fully saturated rings. The lowest BCUT2D eigenvalue weighted by molar-refractivity contribution is 0.0706. The van der Waals surface area contributed by atoms with Crippen LogP contribution in [0.4, 0.5) is 0 Å². The van der Waals surface area contributed by atoms with E-state index in [9.17, 15) is 13.2 Å². The summed E-state index contributed by atoms with van der Waals surface area (Å²) in [5.74, 6) is -0.191. The Balaban J connectivity index is 1.86. The molecule has 1 atom stereocenters. The Labute approximate surface area is 135 Å². The number of carbonyl (C=O) groups excluding carboxylic acids is 1. The fourth-order valence-corrected chi connectivity index (χ4v) is 4.36. The summed E-state index contributed by atoms with van der Waals surface area (Å²) in [7, 11) is -3.05. The summed E-state index contributed by atoms with van der Waals surface area (Å²) < 4.78 is 23.3. The van der Waals surface area contributed by atoms with Crippen molar-refractivity contribution >= 4 is 15.7 Å². The van der Waals surface area contributed by atoms with E-state index in [0.29, 0.717) is 5.69 Å². The lowest BCUT2D eigenvalue weighted by Gasteiger charge is -2.32. The van der Waals surface area contributed by atoms with Crippen molar-refractivity contribution in [2.45, 2.75) is 13.0 Å². The third-order valence-corrected chi connectivity index (χ3v) is 5.81.